The topological polar surface area (TPSA) is 17.8 Å². The molecular formula is C7H11FN2. The Morgan fingerprint density at radius 2 is 2.40 bits per heavy atom. The van der Waals surface area contributed by atoms with E-state index in [0.29, 0.717) is 5.92 Å². The lowest BCUT2D eigenvalue weighted by Gasteiger charge is -1.95. The highest BCUT2D eigenvalue weighted by atomic mass is 19.1. The summed E-state index contributed by atoms with van der Waals surface area (Å²) in [6, 6.07) is 0. The van der Waals surface area contributed by atoms with Crippen LogP contribution in [0.3, 0.4) is 0 Å². The van der Waals surface area contributed by atoms with Crippen molar-refractivity contribution >= 4 is 0 Å². The molecule has 0 aliphatic carbocycles. The molecule has 0 aliphatic rings. The van der Waals surface area contributed by atoms with Crippen molar-refractivity contribution in [1.29, 1.82) is 0 Å². The molecule has 0 bridgehead atoms. The van der Waals surface area contributed by atoms with Gasteiger partial charge >= 0.3 is 0 Å². The molecule has 1 heterocycles. The zero-order valence-corrected chi connectivity index (χ0v) is 6.21. The van der Waals surface area contributed by atoms with Crippen molar-refractivity contribution < 1.29 is 4.39 Å². The molecule has 1 rings (SSSR count). The van der Waals surface area contributed by atoms with E-state index in [2.05, 4.69) is 4.98 Å². The maximum Gasteiger partial charge on any atom is 0.166 e. The standard InChI is InChI=1S/C7H11FN2/c1-6(2)7-3-10(4-8)5-9-7/h3,5-6H,4H2,1-2H3. The van der Waals surface area contributed by atoms with Crippen molar-refractivity contribution in [1.82, 2.24) is 9.55 Å². The van der Waals surface area contributed by atoms with E-state index in [1.54, 1.807) is 6.20 Å². The lowest BCUT2D eigenvalue weighted by atomic mass is 10.2. The van der Waals surface area contributed by atoms with Gasteiger partial charge in [0.15, 0.2) is 6.80 Å². The van der Waals surface area contributed by atoms with Crippen molar-refractivity contribution in [3.05, 3.63) is 18.2 Å². The van der Waals surface area contributed by atoms with Gasteiger partial charge in [-0.05, 0) is 5.92 Å². The minimum atomic E-state index is -0.486. The van der Waals surface area contributed by atoms with Crippen LogP contribution in [-0.2, 0) is 6.80 Å². The molecule has 0 saturated carbocycles. The van der Waals surface area contributed by atoms with E-state index in [1.807, 2.05) is 13.8 Å². The van der Waals surface area contributed by atoms with Crippen LogP contribution in [0.5, 0.6) is 0 Å². The fourth-order valence-electron chi connectivity index (χ4n) is 0.741. The number of hydrogen-bond donors (Lipinski definition) is 0. The largest absolute Gasteiger partial charge is 0.309 e. The molecule has 1 aromatic heterocycles. The maximum atomic E-state index is 11.9. The molecule has 3 heteroatoms. The minimum absolute atomic E-state index is 0.382. The third-order valence-electron chi connectivity index (χ3n) is 1.38. The Labute approximate surface area is 59.7 Å². The van der Waals surface area contributed by atoms with Gasteiger partial charge in [-0.1, -0.05) is 13.8 Å². The monoisotopic (exact) mass is 142 g/mol. The highest BCUT2D eigenvalue weighted by Gasteiger charge is 2.01. The maximum absolute atomic E-state index is 11.9. The van der Waals surface area contributed by atoms with Gasteiger partial charge in [-0.25, -0.2) is 9.37 Å². The van der Waals surface area contributed by atoms with Crippen molar-refractivity contribution in [2.75, 3.05) is 0 Å². The predicted octanol–water partition coefficient (Wildman–Crippen LogP) is 1.93. The first-order valence-corrected chi connectivity index (χ1v) is 3.31. The average Bonchev–Trinajstić information content (AvgIpc) is 2.34. The Hall–Kier alpha value is -0.860. The third kappa shape index (κ3) is 1.35. The predicted molar refractivity (Wildman–Crippen MR) is 37.4 cm³/mol. The van der Waals surface area contributed by atoms with Gasteiger partial charge in [0.25, 0.3) is 0 Å². The molecule has 0 atom stereocenters. The second-order valence-corrected chi connectivity index (χ2v) is 2.59. The van der Waals surface area contributed by atoms with E-state index in [9.17, 15) is 4.39 Å². The van der Waals surface area contributed by atoms with E-state index in [1.165, 1.54) is 10.9 Å². The van der Waals surface area contributed by atoms with Crippen LogP contribution in [0.4, 0.5) is 4.39 Å². The highest BCUT2D eigenvalue weighted by molar-refractivity contribution is 5.01. The smallest absolute Gasteiger partial charge is 0.166 e. The molecule has 0 amide bonds. The van der Waals surface area contributed by atoms with Gasteiger partial charge in [0.1, 0.15) is 0 Å². The van der Waals surface area contributed by atoms with Gasteiger partial charge in [-0.3, -0.25) is 0 Å². The second-order valence-electron chi connectivity index (χ2n) is 2.59. The van der Waals surface area contributed by atoms with E-state index in [0.717, 1.165) is 5.69 Å². The summed E-state index contributed by atoms with van der Waals surface area (Å²) in [5, 5.41) is 0. The fourth-order valence-corrected chi connectivity index (χ4v) is 0.741. The molecule has 0 radical (unpaired) electrons. The molecule has 10 heavy (non-hydrogen) atoms. The van der Waals surface area contributed by atoms with Gasteiger partial charge in [0.2, 0.25) is 0 Å². The molecule has 1 aromatic rings. The lowest BCUT2D eigenvalue weighted by Crippen LogP contribution is -1.87. The number of halogens is 1. The van der Waals surface area contributed by atoms with Crippen molar-refractivity contribution in [2.45, 2.75) is 26.6 Å². The number of alkyl halides is 1. The van der Waals surface area contributed by atoms with Gasteiger partial charge in [-0.2, -0.15) is 0 Å². The van der Waals surface area contributed by atoms with E-state index < -0.39 is 6.80 Å². The van der Waals surface area contributed by atoms with E-state index in [4.69, 9.17) is 0 Å². The van der Waals surface area contributed by atoms with Crippen molar-refractivity contribution in [3.8, 4) is 0 Å². The lowest BCUT2D eigenvalue weighted by molar-refractivity contribution is 0.376. The summed E-state index contributed by atoms with van der Waals surface area (Å²) in [5.74, 6) is 0.382. The summed E-state index contributed by atoms with van der Waals surface area (Å²) < 4.78 is 13.4. The summed E-state index contributed by atoms with van der Waals surface area (Å²) in [7, 11) is 0. The summed E-state index contributed by atoms with van der Waals surface area (Å²) in [6.45, 7) is 3.58. The van der Waals surface area contributed by atoms with Crippen LogP contribution in [0.2, 0.25) is 0 Å². The number of imidazole rings is 1. The number of hydrogen-bond acceptors (Lipinski definition) is 1. The molecule has 2 nitrogen and oxygen atoms in total. The second kappa shape index (κ2) is 2.82. The van der Waals surface area contributed by atoms with E-state index >= 15 is 0 Å². The molecule has 0 spiro atoms. The molecule has 56 valence electrons. The first-order chi connectivity index (χ1) is 4.74. The first kappa shape index (κ1) is 7.25. The fraction of sp³-hybridized carbons (Fsp3) is 0.571. The number of rotatable bonds is 2. The van der Waals surface area contributed by atoms with Crippen molar-refractivity contribution in [2.24, 2.45) is 0 Å². The Morgan fingerprint density at radius 1 is 1.70 bits per heavy atom. The Morgan fingerprint density at radius 3 is 2.70 bits per heavy atom. The third-order valence-corrected chi connectivity index (χ3v) is 1.38. The van der Waals surface area contributed by atoms with Crippen LogP contribution in [0.15, 0.2) is 12.5 Å². The SMILES string of the molecule is CC(C)c1cn(CF)cn1. The van der Waals surface area contributed by atoms with Crippen LogP contribution < -0.4 is 0 Å². The number of aromatic nitrogens is 2. The molecule has 0 fully saturated rings. The minimum Gasteiger partial charge on any atom is -0.309 e. The normalized spacial score (nSPS) is 10.8. The zero-order chi connectivity index (χ0) is 7.56. The Balaban J connectivity index is 2.78. The summed E-state index contributed by atoms with van der Waals surface area (Å²) in [4.78, 5) is 4.01. The Bertz CT molecular complexity index is 205. The molecular weight excluding hydrogens is 131 g/mol. The molecule has 0 saturated heterocycles. The van der Waals surface area contributed by atoms with Gasteiger partial charge in [0, 0.05) is 6.20 Å². The van der Waals surface area contributed by atoms with Gasteiger partial charge in [0.05, 0.1) is 12.0 Å². The van der Waals surface area contributed by atoms with Gasteiger partial charge in [-0.15, -0.1) is 0 Å². The van der Waals surface area contributed by atoms with Crippen molar-refractivity contribution in [3.63, 3.8) is 0 Å². The molecule has 0 aliphatic heterocycles. The average molecular weight is 142 g/mol. The van der Waals surface area contributed by atoms with E-state index in [-0.39, 0.29) is 0 Å². The van der Waals surface area contributed by atoms with Crippen LogP contribution in [0.25, 0.3) is 0 Å². The molecule has 0 unspecified atom stereocenters. The highest BCUT2D eigenvalue weighted by Crippen LogP contribution is 2.10. The molecule has 0 N–H and O–H groups in total. The van der Waals surface area contributed by atoms with Crippen LogP contribution >= 0.6 is 0 Å². The molecule has 0 aromatic carbocycles. The zero-order valence-electron chi connectivity index (χ0n) is 6.21. The first-order valence-electron chi connectivity index (χ1n) is 3.31. The van der Waals surface area contributed by atoms with Crippen LogP contribution in [0, 0.1) is 0 Å². The van der Waals surface area contributed by atoms with Gasteiger partial charge < -0.3 is 4.57 Å². The Kier molecular flexibility index (Phi) is 2.04. The quantitative estimate of drug-likeness (QED) is 0.617. The summed E-state index contributed by atoms with van der Waals surface area (Å²) in [6.07, 6.45) is 3.24. The van der Waals surface area contributed by atoms with Crippen LogP contribution in [0.1, 0.15) is 25.5 Å². The number of nitrogens with zero attached hydrogens (tertiary/aromatic N) is 2. The van der Waals surface area contributed by atoms with Crippen LogP contribution in [-0.4, -0.2) is 9.55 Å². The summed E-state index contributed by atoms with van der Waals surface area (Å²) in [5.41, 5.74) is 0.942. The summed E-state index contributed by atoms with van der Waals surface area (Å²) >= 11 is 0.